The Balaban J connectivity index is 1.95. The van der Waals surface area contributed by atoms with Gasteiger partial charge in [-0.3, -0.25) is 4.68 Å². The lowest BCUT2D eigenvalue weighted by Gasteiger charge is -2.01. The van der Waals surface area contributed by atoms with Crippen LogP contribution < -0.4 is 5.32 Å². The zero-order valence-corrected chi connectivity index (χ0v) is 9.95. The summed E-state index contributed by atoms with van der Waals surface area (Å²) in [5.74, 6) is 0.803. The molecule has 6 heteroatoms. The molecule has 16 heavy (non-hydrogen) atoms. The van der Waals surface area contributed by atoms with Gasteiger partial charge in [-0.1, -0.05) is 16.8 Å². The average Bonchev–Trinajstić information content (AvgIpc) is 2.82. The lowest BCUT2D eigenvalue weighted by Crippen LogP contribution is -2.12. The fraction of sp³-hybridized carbons (Fsp3) is 0.400. The molecule has 0 aliphatic rings. The van der Waals surface area contributed by atoms with Crippen LogP contribution in [-0.2, 0) is 20.1 Å². The molecule has 0 bridgehead atoms. The lowest BCUT2D eigenvalue weighted by atomic mass is 10.2. The van der Waals surface area contributed by atoms with Gasteiger partial charge in [-0.2, -0.15) is 5.10 Å². The smallest absolute Gasteiger partial charge is 0.150 e. The fourth-order valence-corrected chi connectivity index (χ4v) is 1.76. The molecule has 86 valence electrons. The van der Waals surface area contributed by atoms with Gasteiger partial charge in [-0.15, -0.1) is 0 Å². The van der Waals surface area contributed by atoms with Gasteiger partial charge >= 0.3 is 0 Å². The molecule has 0 radical (unpaired) electrons. The van der Waals surface area contributed by atoms with Crippen molar-refractivity contribution in [2.24, 2.45) is 7.05 Å². The number of aromatic nitrogens is 3. The molecule has 1 N–H and O–H groups in total. The summed E-state index contributed by atoms with van der Waals surface area (Å²) in [6.07, 6.45) is 1.62. The summed E-state index contributed by atoms with van der Waals surface area (Å²) < 4.78 is 6.64. The van der Waals surface area contributed by atoms with Crippen molar-refractivity contribution in [2.75, 3.05) is 0 Å². The maximum absolute atomic E-state index is 6.10. The minimum atomic E-state index is 0.630. The van der Waals surface area contributed by atoms with Crippen LogP contribution in [0.5, 0.6) is 0 Å². The van der Waals surface area contributed by atoms with Crippen molar-refractivity contribution in [3.63, 3.8) is 0 Å². The van der Waals surface area contributed by atoms with E-state index in [1.54, 1.807) is 10.9 Å². The van der Waals surface area contributed by atoms with Gasteiger partial charge in [0.25, 0.3) is 0 Å². The summed E-state index contributed by atoms with van der Waals surface area (Å²) in [6, 6.07) is 1.82. The van der Waals surface area contributed by atoms with Crippen LogP contribution in [0.4, 0.5) is 0 Å². The summed E-state index contributed by atoms with van der Waals surface area (Å²) in [7, 11) is 1.83. The van der Waals surface area contributed by atoms with E-state index in [4.69, 9.17) is 16.1 Å². The van der Waals surface area contributed by atoms with E-state index in [9.17, 15) is 0 Å². The summed E-state index contributed by atoms with van der Waals surface area (Å²) in [5.41, 5.74) is 1.96. The quantitative estimate of drug-likeness (QED) is 0.883. The molecule has 0 spiro atoms. The molecule has 0 aliphatic heterocycles. The Morgan fingerprint density at radius 3 is 2.88 bits per heavy atom. The van der Waals surface area contributed by atoms with E-state index in [0.29, 0.717) is 18.2 Å². The first-order chi connectivity index (χ1) is 7.68. The van der Waals surface area contributed by atoms with Crippen molar-refractivity contribution in [1.29, 1.82) is 0 Å². The Labute approximate surface area is 98.4 Å². The first-order valence-corrected chi connectivity index (χ1v) is 5.34. The molecule has 0 aliphatic carbocycles. The van der Waals surface area contributed by atoms with E-state index in [1.807, 2.05) is 20.0 Å². The Bertz CT molecular complexity index is 463. The average molecular weight is 241 g/mol. The van der Waals surface area contributed by atoms with Gasteiger partial charge < -0.3 is 9.84 Å². The zero-order valence-electron chi connectivity index (χ0n) is 9.20. The van der Waals surface area contributed by atoms with E-state index < -0.39 is 0 Å². The number of hydrogen-bond acceptors (Lipinski definition) is 4. The van der Waals surface area contributed by atoms with E-state index in [-0.39, 0.29) is 0 Å². The molecule has 2 heterocycles. The maximum Gasteiger partial charge on any atom is 0.150 e. The van der Waals surface area contributed by atoms with E-state index in [1.165, 1.54) is 0 Å². The monoisotopic (exact) mass is 240 g/mol. The van der Waals surface area contributed by atoms with E-state index >= 15 is 0 Å². The van der Waals surface area contributed by atoms with Crippen molar-refractivity contribution >= 4 is 11.6 Å². The Kier molecular flexibility index (Phi) is 3.26. The van der Waals surface area contributed by atoms with Crippen LogP contribution in [0.2, 0.25) is 5.15 Å². The molecule has 0 unspecified atom stereocenters. The summed E-state index contributed by atoms with van der Waals surface area (Å²) in [6.45, 7) is 3.24. The summed E-state index contributed by atoms with van der Waals surface area (Å²) in [4.78, 5) is 0. The maximum atomic E-state index is 6.10. The van der Waals surface area contributed by atoms with Crippen LogP contribution in [0.25, 0.3) is 0 Å². The first kappa shape index (κ1) is 11.2. The highest BCUT2D eigenvalue weighted by Crippen LogP contribution is 2.18. The number of nitrogens with one attached hydrogen (secondary N) is 1. The van der Waals surface area contributed by atoms with Crippen LogP contribution in [0.15, 0.2) is 16.8 Å². The molecular formula is C10H13ClN4O. The third-order valence-electron chi connectivity index (χ3n) is 2.36. The molecule has 2 rings (SSSR count). The normalized spacial score (nSPS) is 10.9. The van der Waals surface area contributed by atoms with Crippen molar-refractivity contribution in [3.05, 3.63) is 34.4 Å². The highest BCUT2D eigenvalue weighted by molar-refractivity contribution is 6.30. The first-order valence-electron chi connectivity index (χ1n) is 4.96. The molecule has 0 fully saturated rings. The van der Waals surface area contributed by atoms with Crippen LogP contribution in [0, 0.1) is 6.92 Å². The van der Waals surface area contributed by atoms with Gasteiger partial charge in [0.15, 0.2) is 0 Å². The third-order valence-corrected chi connectivity index (χ3v) is 2.83. The van der Waals surface area contributed by atoms with Gasteiger partial charge in [0, 0.05) is 25.2 Å². The van der Waals surface area contributed by atoms with Crippen LogP contribution >= 0.6 is 11.6 Å². The molecule has 0 atom stereocenters. The highest BCUT2D eigenvalue weighted by atomic mass is 35.5. The summed E-state index contributed by atoms with van der Waals surface area (Å²) in [5, 5.41) is 11.8. The number of rotatable bonds is 4. The van der Waals surface area contributed by atoms with E-state index in [2.05, 4.69) is 15.6 Å². The minimum absolute atomic E-state index is 0.630. The van der Waals surface area contributed by atoms with Crippen LogP contribution in [0.1, 0.15) is 17.0 Å². The van der Waals surface area contributed by atoms with Crippen molar-refractivity contribution in [1.82, 2.24) is 20.3 Å². The largest absolute Gasteiger partial charge is 0.360 e. The van der Waals surface area contributed by atoms with Gasteiger partial charge in [-0.05, 0) is 6.92 Å². The third kappa shape index (κ3) is 2.25. The van der Waals surface area contributed by atoms with Gasteiger partial charge in [0.1, 0.15) is 10.9 Å². The Morgan fingerprint density at radius 1 is 1.50 bits per heavy atom. The SMILES string of the molecule is Cc1nn(C)c(Cl)c1CNCc1ccno1. The molecule has 0 amide bonds. The van der Waals surface area contributed by atoms with Crippen LogP contribution in [0.3, 0.4) is 0 Å². The zero-order chi connectivity index (χ0) is 11.5. The van der Waals surface area contributed by atoms with E-state index in [0.717, 1.165) is 17.0 Å². The number of nitrogens with zero attached hydrogens (tertiary/aromatic N) is 3. The highest BCUT2D eigenvalue weighted by Gasteiger charge is 2.10. The lowest BCUT2D eigenvalue weighted by molar-refractivity contribution is 0.372. The predicted octanol–water partition coefficient (Wildman–Crippen LogP) is 1.66. The second-order valence-electron chi connectivity index (χ2n) is 3.56. The predicted molar refractivity (Wildman–Crippen MR) is 60.0 cm³/mol. The molecule has 2 aromatic heterocycles. The second kappa shape index (κ2) is 4.67. The van der Waals surface area contributed by atoms with Crippen molar-refractivity contribution in [2.45, 2.75) is 20.0 Å². The van der Waals surface area contributed by atoms with Crippen molar-refractivity contribution in [3.8, 4) is 0 Å². The molecule has 0 saturated carbocycles. The standard InChI is InChI=1S/C10H13ClN4O/c1-7-9(10(11)15(2)14-7)6-12-5-8-3-4-13-16-8/h3-4,12H,5-6H2,1-2H3. The molecule has 0 saturated heterocycles. The number of halogens is 1. The topological polar surface area (TPSA) is 55.9 Å². The molecular weight excluding hydrogens is 228 g/mol. The number of aryl methyl sites for hydroxylation is 2. The number of hydrogen-bond donors (Lipinski definition) is 1. The summed E-state index contributed by atoms with van der Waals surface area (Å²) >= 11 is 6.10. The van der Waals surface area contributed by atoms with Gasteiger partial charge in [-0.25, -0.2) is 0 Å². The molecule has 0 aromatic carbocycles. The Morgan fingerprint density at radius 2 is 2.31 bits per heavy atom. The minimum Gasteiger partial charge on any atom is -0.360 e. The fourth-order valence-electron chi connectivity index (χ4n) is 1.52. The molecule has 2 aromatic rings. The van der Waals surface area contributed by atoms with Crippen LogP contribution in [-0.4, -0.2) is 14.9 Å². The van der Waals surface area contributed by atoms with Crippen molar-refractivity contribution < 1.29 is 4.52 Å². The van der Waals surface area contributed by atoms with Gasteiger partial charge in [0.2, 0.25) is 0 Å². The Hall–Kier alpha value is -1.33. The second-order valence-corrected chi connectivity index (χ2v) is 3.92. The van der Waals surface area contributed by atoms with Gasteiger partial charge in [0.05, 0.1) is 18.4 Å². The molecule has 5 nitrogen and oxygen atoms in total.